The lowest BCUT2D eigenvalue weighted by atomic mass is 10.2. The number of benzene rings is 2. The molecule has 0 saturated heterocycles. The Labute approximate surface area is 125 Å². The van der Waals surface area contributed by atoms with Crippen molar-refractivity contribution in [1.29, 1.82) is 0 Å². The second-order valence-electron chi connectivity index (χ2n) is 4.23. The van der Waals surface area contributed by atoms with Crippen molar-refractivity contribution >= 4 is 17.6 Å². The number of imide groups is 1. The smallest absolute Gasteiger partial charge is 0.308 e. The molecule has 0 atom stereocenters. The molecule has 0 aromatic heterocycles. The van der Waals surface area contributed by atoms with Gasteiger partial charge in [0, 0.05) is 11.3 Å². The molecule has 0 aliphatic carbocycles. The normalized spacial score (nSPS) is 9.68. The summed E-state index contributed by atoms with van der Waals surface area (Å²) in [6.07, 6.45) is 5.19. The highest BCUT2D eigenvalue weighted by molar-refractivity contribution is 6.08. The van der Waals surface area contributed by atoms with Gasteiger partial charge in [0.1, 0.15) is 17.2 Å². The van der Waals surface area contributed by atoms with Gasteiger partial charge < -0.3 is 5.32 Å². The van der Waals surface area contributed by atoms with Crippen LogP contribution in [0.15, 0.2) is 42.5 Å². The predicted octanol–water partition coefficient (Wildman–Crippen LogP) is 2.91. The molecule has 0 aliphatic rings. The van der Waals surface area contributed by atoms with Crippen molar-refractivity contribution in [3.8, 4) is 12.3 Å². The lowest BCUT2D eigenvalue weighted by Gasteiger charge is -2.08. The monoisotopic (exact) mass is 300 g/mol. The van der Waals surface area contributed by atoms with Gasteiger partial charge in [-0.3, -0.25) is 10.1 Å². The van der Waals surface area contributed by atoms with E-state index >= 15 is 0 Å². The number of hydrogen-bond acceptors (Lipinski definition) is 2. The molecular weight excluding hydrogens is 290 g/mol. The van der Waals surface area contributed by atoms with Gasteiger partial charge in [0.15, 0.2) is 0 Å². The maximum absolute atomic E-state index is 13.4. The van der Waals surface area contributed by atoms with E-state index in [0.717, 1.165) is 18.2 Å². The van der Waals surface area contributed by atoms with Gasteiger partial charge in [0.25, 0.3) is 5.91 Å². The quantitative estimate of drug-likeness (QED) is 0.838. The number of urea groups is 1. The Morgan fingerprint density at radius 2 is 1.59 bits per heavy atom. The van der Waals surface area contributed by atoms with Crippen LogP contribution in [0.3, 0.4) is 0 Å². The topological polar surface area (TPSA) is 58.2 Å². The number of terminal acetylenes is 1. The first kappa shape index (κ1) is 15.2. The third-order valence-electron chi connectivity index (χ3n) is 2.73. The maximum atomic E-state index is 13.4. The Balaban J connectivity index is 2.05. The molecule has 3 amide bonds. The van der Waals surface area contributed by atoms with Crippen molar-refractivity contribution in [3.63, 3.8) is 0 Å². The van der Waals surface area contributed by atoms with E-state index in [2.05, 4.69) is 11.2 Å². The van der Waals surface area contributed by atoms with Crippen LogP contribution in [0.25, 0.3) is 0 Å². The summed E-state index contributed by atoms with van der Waals surface area (Å²) in [7, 11) is 0. The standard InChI is InChI=1S/C16H10F2N2O2/c1-2-10-6-8-11(9-7-10)19-16(22)20-15(21)14-12(17)4-3-5-13(14)18/h1,3-9H,(H2,19,20,21,22). The van der Waals surface area contributed by atoms with Crippen LogP contribution in [0.1, 0.15) is 15.9 Å². The van der Waals surface area contributed by atoms with E-state index in [1.54, 1.807) is 12.1 Å². The average Bonchev–Trinajstić information content (AvgIpc) is 2.47. The van der Waals surface area contributed by atoms with Gasteiger partial charge in [-0.15, -0.1) is 6.42 Å². The summed E-state index contributed by atoms with van der Waals surface area (Å²) in [5.41, 5.74) is 0.175. The molecule has 0 unspecified atom stereocenters. The van der Waals surface area contributed by atoms with Gasteiger partial charge in [-0.05, 0) is 36.4 Å². The van der Waals surface area contributed by atoms with E-state index in [1.807, 2.05) is 5.32 Å². The minimum absolute atomic E-state index is 0.373. The number of halogens is 2. The van der Waals surface area contributed by atoms with E-state index in [-0.39, 0.29) is 0 Å². The van der Waals surface area contributed by atoms with Crippen molar-refractivity contribution in [1.82, 2.24) is 5.32 Å². The van der Waals surface area contributed by atoms with E-state index in [9.17, 15) is 18.4 Å². The van der Waals surface area contributed by atoms with Crippen LogP contribution in [-0.2, 0) is 0 Å². The lowest BCUT2D eigenvalue weighted by molar-refractivity contribution is 0.0959. The predicted molar refractivity (Wildman–Crippen MR) is 77.2 cm³/mol. The lowest BCUT2D eigenvalue weighted by Crippen LogP contribution is -2.35. The molecule has 2 aromatic carbocycles. The molecule has 0 aliphatic heterocycles. The van der Waals surface area contributed by atoms with Crippen LogP contribution in [0.4, 0.5) is 19.3 Å². The Bertz CT molecular complexity index is 744. The third-order valence-corrected chi connectivity index (χ3v) is 2.73. The average molecular weight is 300 g/mol. The molecule has 2 aromatic rings. The van der Waals surface area contributed by atoms with Crippen molar-refractivity contribution in [3.05, 3.63) is 65.2 Å². The fourth-order valence-electron chi connectivity index (χ4n) is 1.69. The minimum Gasteiger partial charge on any atom is -0.308 e. The number of amides is 3. The molecule has 0 saturated carbocycles. The zero-order valence-corrected chi connectivity index (χ0v) is 11.2. The fourth-order valence-corrected chi connectivity index (χ4v) is 1.69. The first-order valence-corrected chi connectivity index (χ1v) is 6.14. The van der Waals surface area contributed by atoms with Crippen molar-refractivity contribution in [2.45, 2.75) is 0 Å². The number of carbonyl (C=O) groups is 2. The number of carbonyl (C=O) groups excluding carboxylic acids is 2. The Kier molecular flexibility index (Phi) is 4.49. The fraction of sp³-hybridized carbons (Fsp3) is 0. The van der Waals surface area contributed by atoms with Gasteiger partial charge in [0.05, 0.1) is 0 Å². The molecule has 22 heavy (non-hydrogen) atoms. The molecule has 4 nitrogen and oxygen atoms in total. The zero-order chi connectivity index (χ0) is 16.1. The second-order valence-corrected chi connectivity index (χ2v) is 4.23. The first-order chi connectivity index (χ1) is 10.5. The maximum Gasteiger partial charge on any atom is 0.326 e. The van der Waals surface area contributed by atoms with Crippen molar-refractivity contribution in [2.24, 2.45) is 0 Å². The third kappa shape index (κ3) is 3.46. The molecule has 0 fully saturated rings. The first-order valence-electron chi connectivity index (χ1n) is 6.14. The summed E-state index contributed by atoms with van der Waals surface area (Å²) < 4.78 is 26.8. The van der Waals surface area contributed by atoms with Crippen LogP contribution in [0.5, 0.6) is 0 Å². The molecule has 0 spiro atoms. The number of hydrogen-bond donors (Lipinski definition) is 2. The molecule has 0 bridgehead atoms. The molecule has 110 valence electrons. The number of rotatable bonds is 2. The summed E-state index contributed by atoms with van der Waals surface area (Å²) in [5, 5.41) is 4.19. The van der Waals surface area contributed by atoms with Gasteiger partial charge in [0.2, 0.25) is 0 Å². The number of nitrogens with one attached hydrogen (secondary N) is 2. The molecule has 0 heterocycles. The van der Waals surface area contributed by atoms with Crippen LogP contribution >= 0.6 is 0 Å². The van der Waals surface area contributed by atoms with E-state index in [1.165, 1.54) is 12.1 Å². The van der Waals surface area contributed by atoms with Crippen molar-refractivity contribution in [2.75, 3.05) is 5.32 Å². The summed E-state index contributed by atoms with van der Waals surface area (Å²) in [4.78, 5) is 23.4. The highest BCUT2D eigenvalue weighted by Crippen LogP contribution is 2.12. The van der Waals surface area contributed by atoms with E-state index in [0.29, 0.717) is 11.3 Å². The summed E-state index contributed by atoms with van der Waals surface area (Å²) in [5.74, 6) is -0.869. The zero-order valence-electron chi connectivity index (χ0n) is 11.2. The highest BCUT2D eigenvalue weighted by Gasteiger charge is 2.19. The molecule has 2 N–H and O–H groups in total. The van der Waals surface area contributed by atoms with E-state index < -0.39 is 29.1 Å². The van der Waals surface area contributed by atoms with Crippen LogP contribution < -0.4 is 10.6 Å². The summed E-state index contributed by atoms with van der Waals surface area (Å²) >= 11 is 0. The van der Waals surface area contributed by atoms with Crippen LogP contribution in [0.2, 0.25) is 0 Å². The summed E-state index contributed by atoms with van der Waals surface area (Å²) in [6.45, 7) is 0. The second kappa shape index (κ2) is 6.50. The Hall–Kier alpha value is -3.20. The largest absolute Gasteiger partial charge is 0.326 e. The Morgan fingerprint density at radius 3 is 2.14 bits per heavy atom. The Morgan fingerprint density at radius 1 is 1.00 bits per heavy atom. The molecule has 2 rings (SSSR count). The van der Waals surface area contributed by atoms with Crippen LogP contribution in [0, 0.1) is 24.0 Å². The van der Waals surface area contributed by atoms with Gasteiger partial charge >= 0.3 is 6.03 Å². The minimum atomic E-state index is -1.17. The van der Waals surface area contributed by atoms with E-state index in [4.69, 9.17) is 6.42 Å². The van der Waals surface area contributed by atoms with Gasteiger partial charge in [-0.2, -0.15) is 0 Å². The van der Waals surface area contributed by atoms with Crippen molar-refractivity contribution < 1.29 is 18.4 Å². The highest BCUT2D eigenvalue weighted by atomic mass is 19.1. The SMILES string of the molecule is C#Cc1ccc(NC(=O)NC(=O)c2c(F)cccc2F)cc1. The molecular formula is C16H10F2N2O2. The summed E-state index contributed by atoms with van der Waals surface area (Å²) in [6, 6.07) is 8.30. The van der Waals surface area contributed by atoms with Gasteiger partial charge in [-0.1, -0.05) is 12.0 Å². The van der Waals surface area contributed by atoms with Gasteiger partial charge in [-0.25, -0.2) is 13.6 Å². The number of anilines is 1. The molecule has 0 radical (unpaired) electrons. The van der Waals surface area contributed by atoms with Crippen LogP contribution in [-0.4, -0.2) is 11.9 Å². The molecule has 6 heteroatoms.